The number of hydrogen-bond donors (Lipinski definition) is 0. The van der Waals surface area contributed by atoms with Gasteiger partial charge in [-0.15, -0.1) is 0 Å². The first-order valence-electron chi connectivity index (χ1n) is 7.21. The molecule has 2 aromatic rings. The molecule has 6 heteroatoms. The fourth-order valence-corrected chi connectivity index (χ4v) is 2.89. The normalized spacial score (nSPS) is 18.0. The maximum absolute atomic E-state index is 13.4. The molecule has 1 amide bonds. The summed E-state index contributed by atoms with van der Waals surface area (Å²) in [5.74, 6) is -1.19. The smallest absolute Gasteiger partial charge is 0.229 e. The second-order valence-corrected chi connectivity index (χ2v) is 5.52. The Bertz CT molecular complexity index is 699. The number of rotatable bonds is 3. The number of aryl methyl sites for hydroxylation is 1. The van der Waals surface area contributed by atoms with Crippen molar-refractivity contribution < 1.29 is 18.1 Å². The monoisotopic (exact) mass is 306 g/mol. The van der Waals surface area contributed by atoms with Gasteiger partial charge < -0.3 is 9.42 Å². The van der Waals surface area contributed by atoms with E-state index in [4.69, 9.17) is 4.52 Å². The number of benzene rings is 1. The highest BCUT2D eigenvalue weighted by atomic mass is 19.2. The fraction of sp³-hybridized carbons (Fsp3) is 0.375. The number of carbonyl (C=O) groups is 1. The van der Waals surface area contributed by atoms with Crippen LogP contribution >= 0.6 is 0 Å². The van der Waals surface area contributed by atoms with Crippen LogP contribution < -0.4 is 0 Å². The topological polar surface area (TPSA) is 46.3 Å². The van der Waals surface area contributed by atoms with Gasteiger partial charge in [-0.1, -0.05) is 11.2 Å². The van der Waals surface area contributed by atoms with E-state index in [-0.39, 0.29) is 18.4 Å². The van der Waals surface area contributed by atoms with Crippen molar-refractivity contribution in [1.29, 1.82) is 0 Å². The third kappa shape index (κ3) is 2.86. The molecule has 0 radical (unpaired) electrons. The molecule has 1 aromatic carbocycles. The third-order valence-electron chi connectivity index (χ3n) is 3.91. The Labute approximate surface area is 126 Å². The minimum Gasteiger partial charge on any atom is -0.361 e. The van der Waals surface area contributed by atoms with Crippen molar-refractivity contribution >= 4 is 5.91 Å². The fourth-order valence-electron chi connectivity index (χ4n) is 2.89. The first kappa shape index (κ1) is 14.7. The summed E-state index contributed by atoms with van der Waals surface area (Å²) in [6.45, 7) is 2.38. The molecule has 2 heterocycles. The van der Waals surface area contributed by atoms with E-state index in [2.05, 4.69) is 5.16 Å². The number of hydrogen-bond acceptors (Lipinski definition) is 3. The Kier molecular flexibility index (Phi) is 3.92. The summed E-state index contributed by atoms with van der Waals surface area (Å²) in [7, 11) is 0. The van der Waals surface area contributed by atoms with Crippen LogP contribution in [0.25, 0.3) is 0 Å². The van der Waals surface area contributed by atoms with Crippen molar-refractivity contribution in [1.82, 2.24) is 10.1 Å². The highest BCUT2D eigenvalue weighted by Gasteiger charge is 2.30. The molecule has 1 saturated heterocycles. The van der Waals surface area contributed by atoms with Gasteiger partial charge in [0.2, 0.25) is 5.91 Å². The van der Waals surface area contributed by atoms with E-state index in [9.17, 15) is 13.6 Å². The van der Waals surface area contributed by atoms with Crippen molar-refractivity contribution in [3.8, 4) is 0 Å². The SMILES string of the molecule is Cc1cc(CC(=O)N2CCC[C@H]2c2ccc(F)c(F)c2)no1. The maximum atomic E-state index is 13.4. The lowest BCUT2D eigenvalue weighted by molar-refractivity contribution is -0.131. The number of amides is 1. The van der Waals surface area contributed by atoms with Gasteiger partial charge in [0.05, 0.1) is 18.2 Å². The molecule has 1 atom stereocenters. The summed E-state index contributed by atoms with van der Waals surface area (Å²) in [4.78, 5) is 14.1. The molecule has 116 valence electrons. The van der Waals surface area contributed by atoms with E-state index in [1.54, 1.807) is 17.9 Å². The number of halogens is 2. The molecule has 1 aliphatic rings. The summed E-state index contributed by atoms with van der Waals surface area (Å²) in [6.07, 6.45) is 1.74. The van der Waals surface area contributed by atoms with Gasteiger partial charge >= 0.3 is 0 Å². The summed E-state index contributed by atoms with van der Waals surface area (Å²) in [5.41, 5.74) is 1.21. The Morgan fingerprint density at radius 3 is 2.86 bits per heavy atom. The number of carbonyl (C=O) groups excluding carboxylic acids is 1. The lowest BCUT2D eigenvalue weighted by Gasteiger charge is -2.25. The van der Waals surface area contributed by atoms with Crippen molar-refractivity contribution in [3.63, 3.8) is 0 Å². The zero-order valence-corrected chi connectivity index (χ0v) is 12.2. The summed E-state index contributed by atoms with van der Waals surface area (Å²) in [6, 6.07) is 5.32. The molecule has 0 unspecified atom stereocenters. The zero-order chi connectivity index (χ0) is 15.7. The van der Waals surface area contributed by atoms with Crippen LogP contribution in [-0.4, -0.2) is 22.5 Å². The van der Waals surface area contributed by atoms with Crippen LogP contribution in [0, 0.1) is 18.6 Å². The second-order valence-electron chi connectivity index (χ2n) is 5.52. The molecule has 0 saturated carbocycles. The van der Waals surface area contributed by atoms with Crippen LogP contribution in [-0.2, 0) is 11.2 Å². The zero-order valence-electron chi connectivity index (χ0n) is 12.2. The Hall–Kier alpha value is -2.24. The van der Waals surface area contributed by atoms with E-state index in [0.717, 1.165) is 18.9 Å². The van der Waals surface area contributed by atoms with Crippen LogP contribution in [0.15, 0.2) is 28.8 Å². The van der Waals surface area contributed by atoms with Crippen LogP contribution in [0.2, 0.25) is 0 Å². The number of nitrogens with zero attached hydrogens (tertiary/aromatic N) is 2. The average Bonchev–Trinajstić information content (AvgIpc) is 3.11. The number of likely N-dealkylation sites (tertiary alicyclic amines) is 1. The molecule has 3 rings (SSSR count). The van der Waals surface area contributed by atoms with Crippen molar-refractivity contribution in [2.75, 3.05) is 6.54 Å². The van der Waals surface area contributed by atoms with Gasteiger partial charge in [-0.05, 0) is 37.5 Å². The molecule has 1 fully saturated rings. The number of aromatic nitrogens is 1. The van der Waals surface area contributed by atoms with Crippen LogP contribution in [0.3, 0.4) is 0 Å². The first-order valence-corrected chi connectivity index (χ1v) is 7.21. The molecular formula is C16H16F2N2O2. The maximum Gasteiger partial charge on any atom is 0.229 e. The van der Waals surface area contributed by atoms with Gasteiger partial charge in [0, 0.05) is 12.6 Å². The van der Waals surface area contributed by atoms with Gasteiger partial charge in [-0.2, -0.15) is 0 Å². The highest BCUT2D eigenvalue weighted by molar-refractivity contribution is 5.79. The molecule has 0 bridgehead atoms. The molecular weight excluding hydrogens is 290 g/mol. The summed E-state index contributed by atoms with van der Waals surface area (Å²) < 4.78 is 31.4. The van der Waals surface area contributed by atoms with Crippen molar-refractivity contribution in [3.05, 3.63) is 52.9 Å². The van der Waals surface area contributed by atoms with E-state index in [1.165, 1.54) is 12.1 Å². The molecule has 0 aliphatic carbocycles. The van der Waals surface area contributed by atoms with Crippen LogP contribution in [0.5, 0.6) is 0 Å². The second kappa shape index (κ2) is 5.87. The van der Waals surface area contributed by atoms with Gasteiger partial charge in [-0.25, -0.2) is 8.78 Å². The van der Waals surface area contributed by atoms with Crippen LogP contribution in [0.4, 0.5) is 8.78 Å². The largest absolute Gasteiger partial charge is 0.361 e. The molecule has 0 N–H and O–H groups in total. The third-order valence-corrected chi connectivity index (χ3v) is 3.91. The predicted octanol–water partition coefficient (Wildman–Crippen LogP) is 3.17. The van der Waals surface area contributed by atoms with Gasteiger partial charge in [0.1, 0.15) is 5.76 Å². The standard InChI is InChI=1S/C16H16F2N2O2/c1-10-7-12(19-22-10)9-16(21)20-6-2-3-15(20)11-4-5-13(17)14(18)8-11/h4-5,7-8,15H,2-3,6,9H2,1H3/t15-/m0/s1. The van der Waals surface area contributed by atoms with E-state index >= 15 is 0 Å². The molecule has 4 nitrogen and oxygen atoms in total. The van der Waals surface area contributed by atoms with E-state index in [1.807, 2.05) is 0 Å². The van der Waals surface area contributed by atoms with E-state index in [0.29, 0.717) is 23.6 Å². The molecule has 0 spiro atoms. The first-order chi connectivity index (χ1) is 10.5. The van der Waals surface area contributed by atoms with Crippen LogP contribution in [0.1, 0.15) is 35.9 Å². The predicted molar refractivity (Wildman–Crippen MR) is 75.0 cm³/mol. The molecule has 1 aromatic heterocycles. The van der Waals surface area contributed by atoms with Gasteiger partial charge in [0.25, 0.3) is 0 Å². The molecule has 1 aliphatic heterocycles. The Morgan fingerprint density at radius 1 is 1.36 bits per heavy atom. The van der Waals surface area contributed by atoms with Gasteiger partial charge in [-0.3, -0.25) is 4.79 Å². The highest BCUT2D eigenvalue weighted by Crippen LogP contribution is 2.33. The lowest BCUT2D eigenvalue weighted by atomic mass is 10.0. The molecule has 22 heavy (non-hydrogen) atoms. The van der Waals surface area contributed by atoms with Crippen molar-refractivity contribution in [2.24, 2.45) is 0 Å². The summed E-state index contributed by atoms with van der Waals surface area (Å²) >= 11 is 0. The minimum absolute atomic E-state index is 0.0828. The Balaban J connectivity index is 1.77. The van der Waals surface area contributed by atoms with Crippen molar-refractivity contribution in [2.45, 2.75) is 32.2 Å². The van der Waals surface area contributed by atoms with Gasteiger partial charge in [0.15, 0.2) is 11.6 Å². The van der Waals surface area contributed by atoms with E-state index < -0.39 is 11.6 Å². The quantitative estimate of drug-likeness (QED) is 0.875. The minimum atomic E-state index is -0.885. The average molecular weight is 306 g/mol. The Morgan fingerprint density at radius 2 is 2.18 bits per heavy atom. The lowest BCUT2D eigenvalue weighted by Crippen LogP contribution is -2.32. The summed E-state index contributed by atoms with van der Waals surface area (Å²) in [5, 5.41) is 3.82.